The van der Waals surface area contributed by atoms with E-state index in [2.05, 4.69) is 20.3 Å². The Balaban J connectivity index is 0.000000338. The minimum absolute atomic E-state index is 0.0185. The third kappa shape index (κ3) is 5.89. The number of fused-ring (bicyclic) bond motifs is 1. The zero-order valence-electron chi connectivity index (χ0n) is 23.4. The zero-order chi connectivity index (χ0) is 28.1. The van der Waals surface area contributed by atoms with Gasteiger partial charge in [-0.15, -0.1) is 5.10 Å². The van der Waals surface area contributed by atoms with Crippen molar-refractivity contribution in [1.82, 2.24) is 29.3 Å². The van der Waals surface area contributed by atoms with Gasteiger partial charge in [0.2, 0.25) is 0 Å². The van der Waals surface area contributed by atoms with Crippen LogP contribution >= 0.6 is 0 Å². The van der Waals surface area contributed by atoms with Gasteiger partial charge in [0.1, 0.15) is 17.2 Å². The van der Waals surface area contributed by atoms with E-state index >= 15 is 0 Å². The van der Waals surface area contributed by atoms with Crippen molar-refractivity contribution in [3.05, 3.63) is 81.8 Å². The first kappa shape index (κ1) is 28.1. The first-order valence-electron chi connectivity index (χ1n) is 13.7. The van der Waals surface area contributed by atoms with Gasteiger partial charge in [-0.05, 0) is 63.8 Å². The Kier molecular flexibility index (Phi) is 8.83. The molecule has 2 aliphatic rings. The minimum Gasteiger partial charge on any atom is -0.353 e. The minimum atomic E-state index is -0.271. The number of imidazole rings is 1. The lowest BCUT2D eigenvalue weighted by Gasteiger charge is -2.27. The highest BCUT2D eigenvalue weighted by Crippen LogP contribution is 2.30. The number of anilines is 1. The monoisotopic (exact) mass is 535 g/mol. The van der Waals surface area contributed by atoms with Gasteiger partial charge in [0, 0.05) is 31.9 Å². The fourth-order valence-electron chi connectivity index (χ4n) is 4.94. The van der Waals surface area contributed by atoms with Gasteiger partial charge in [-0.2, -0.15) is 0 Å². The molecule has 208 valence electrons. The number of rotatable bonds is 4. The van der Waals surface area contributed by atoms with Gasteiger partial charge in [-0.25, -0.2) is 18.6 Å². The molecule has 0 radical (unpaired) electrons. The molecule has 0 spiro atoms. The third-order valence-electron chi connectivity index (χ3n) is 7.34. The lowest BCUT2D eigenvalue weighted by molar-refractivity contribution is 0.0938. The van der Waals surface area contributed by atoms with Gasteiger partial charge in [-0.3, -0.25) is 14.3 Å². The quantitative estimate of drug-likeness (QED) is 0.418. The Bertz CT molecular complexity index is 1470. The smallest absolute Gasteiger partial charge is 0.280 e. The molecule has 10 heteroatoms. The van der Waals surface area contributed by atoms with E-state index < -0.39 is 0 Å². The first-order chi connectivity index (χ1) is 18.8. The number of hydrogen-bond donors (Lipinski definition) is 1. The molecule has 39 heavy (non-hydrogen) atoms. The van der Waals surface area contributed by atoms with Crippen LogP contribution in [0.2, 0.25) is 0 Å². The Morgan fingerprint density at radius 1 is 1.05 bits per heavy atom. The van der Waals surface area contributed by atoms with Gasteiger partial charge < -0.3 is 10.2 Å². The Hall–Kier alpha value is -3.95. The molecule has 2 fully saturated rings. The van der Waals surface area contributed by atoms with E-state index in [9.17, 15) is 14.0 Å². The maximum absolute atomic E-state index is 13.0. The Morgan fingerprint density at radius 2 is 1.77 bits per heavy atom. The van der Waals surface area contributed by atoms with Crippen LogP contribution in [-0.4, -0.2) is 49.0 Å². The second-order valence-electron chi connectivity index (χ2n) is 9.78. The largest absolute Gasteiger partial charge is 0.353 e. The predicted molar refractivity (Wildman–Crippen MR) is 151 cm³/mol. The summed E-state index contributed by atoms with van der Waals surface area (Å²) in [6.07, 6.45) is 5.76. The van der Waals surface area contributed by atoms with Gasteiger partial charge in [0.15, 0.2) is 5.65 Å². The summed E-state index contributed by atoms with van der Waals surface area (Å²) in [5.74, 6) is 0.415. The van der Waals surface area contributed by atoms with E-state index in [1.807, 2.05) is 56.1 Å². The van der Waals surface area contributed by atoms with Crippen LogP contribution in [-0.2, 0) is 7.05 Å². The van der Waals surface area contributed by atoms with Crippen molar-refractivity contribution in [2.45, 2.75) is 65.5 Å². The second-order valence-corrected chi connectivity index (χ2v) is 9.78. The summed E-state index contributed by atoms with van der Waals surface area (Å²) in [5.41, 5.74) is 2.63. The molecule has 1 aromatic carbocycles. The normalized spacial score (nSPS) is 16.7. The highest BCUT2D eigenvalue weighted by atomic mass is 19.1. The van der Waals surface area contributed by atoms with E-state index in [1.165, 1.54) is 12.1 Å². The predicted octanol–water partition coefficient (Wildman–Crippen LogP) is 4.43. The Labute approximate surface area is 228 Å². The van der Waals surface area contributed by atoms with Crippen molar-refractivity contribution in [2.24, 2.45) is 7.05 Å². The second kappa shape index (κ2) is 12.3. The number of halogens is 1. The van der Waals surface area contributed by atoms with Crippen molar-refractivity contribution in [1.29, 1.82) is 0 Å². The average Bonchev–Trinajstić information content (AvgIpc) is 3.59. The first-order valence-corrected chi connectivity index (χ1v) is 13.7. The standard InChI is InChI=1S/C21H27N7O2.C6H5F.C2H6/c1-13-11-22-17-7-8-18(24-27(13)17)26-10-9-15(12-26)23-20(29)19-14(2)25(3)28(21(19)30)16-5-4-6-16;7-6-4-2-1-3-5-6;1-2/h7-8,11,15-16H,4-6,9-10,12H2,1-3H3,(H,23,29);1-5H;1-2H3/t15-;;/m0../s1. The van der Waals surface area contributed by atoms with E-state index in [1.54, 1.807) is 29.1 Å². The van der Waals surface area contributed by atoms with Crippen LogP contribution in [0.15, 0.2) is 53.5 Å². The molecule has 0 bridgehead atoms. The summed E-state index contributed by atoms with van der Waals surface area (Å²) >= 11 is 0. The number of aryl methyl sites for hydroxylation is 1. The summed E-state index contributed by atoms with van der Waals surface area (Å²) in [4.78, 5) is 32.4. The van der Waals surface area contributed by atoms with E-state index in [0.717, 1.165) is 55.1 Å². The van der Waals surface area contributed by atoms with Crippen LogP contribution in [0.4, 0.5) is 10.2 Å². The van der Waals surface area contributed by atoms with E-state index in [-0.39, 0.29) is 34.9 Å². The van der Waals surface area contributed by atoms with Crippen molar-refractivity contribution in [3.8, 4) is 0 Å². The molecule has 1 aliphatic carbocycles. The van der Waals surface area contributed by atoms with Gasteiger partial charge in [0.05, 0.1) is 17.9 Å². The molecule has 1 aliphatic heterocycles. The number of nitrogens with one attached hydrogen (secondary N) is 1. The maximum atomic E-state index is 13.0. The number of nitrogens with zero attached hydrogens (tertiary/aromatic N) is 6. The highest BCUT2D eigenvalue weighted by molar-refractivity contribution is 5.95. The molecular formula is C29H38FN7O2. The van der Waals surface area contributed by atoms with Crippen LogP contribution in [0, 0.1) is 19.7 Å². The molecule has 1 atom stereocenters. The number of carbonyl (C=O) groups is 1. The van der Waals surface area contributed by atoms with Crippen molar-refractivity contribution >= 4 is 17.4 Å². The van der Waals surface area contributed by atoms with Crippen LogP contribution in [0.1, 0.15) is 67.3 Å². The summed E-state index contributed by atoms with van der Waals surface area (Å²) in [6, 6.07) is 12.1. The SMILES string of the molecule is CC.Cc1c(C(=O)N[C@H]2CCN(c3ccc4ncc(C)n4n3)C2)c(=O)n(C2CCC2)n1C.Fc1ccccc1. The fraction of sp³-hybridized carbons (Fsp3) is 0.448. The number of hydrogen-bond acceptors (Lipinski definition) is 5. The molecular weight excluding hydrogens is 497 g/mol. The number of aromatic nitrogens is 5. The van der Waals surface area contributed by atoms with E-state index in [4.69, 9.17) is 0 Å². The highest BCUT2D eigenvalue weighted by Gasteiger charge is 2.31. The fourth-order valence-corrected chi connectivity index (χ4v) is 4.94. The van der Waals surface area contributed by atoms with Crippen molar-refractivity contribution in [2.75, 3.05) is 18.0 Å². The summed E-state index contributed by atoms with van der Waals surface area (Å²) in [7, 11) is 1.86. The number of amides is 1. The summed E-state index contributed by atoms with van der Waals surface area (Å²) < 4.78 is 17.3. The topological polar surface area (TPSA) is 89.5 Å². The molecule has 4 heterocycles. The van der Waals surface area contributed by atoms with Gasteiger partial charge in [0.25, 0.3) is 11.5 Å². The molecule has 1 N–H and O–H groups in total. The average molecular weight is 536 g/mol. The molecule has 3 aromatic heterocycles. The molecule has 1 amide bonds. The lowest BCUT2D eigenvalue weighted by atomic mass is 9.93. The van der Waals surface area contributed by atoms with Crippen molar-refractivity contribution in [3.63, 3.8) is 0 Å². The zero-order valence-corrected chi connectivity index (χ0v) is 23.4. The van der Waals surface area contributed by atoms with Gasteiger partial charge >= 0.3 is 0 Å². The van der Waals surface area contributed by atoms with Gasteiger partial charge in [-0.1, -0.05) is 32.0 Å². The molecule has 6 rings (SSSR count). The number of carbonyl (C=O) groups excluding carboxylic acids is 1. The third-order valence-corrected chi connectivity index (χ3v) is 7.34. The molecule has 4 aromatic rings. The van der Waals surface area contributed by atoms with Crippen LogP contribution in [0.5, 0.6) is 0 Å². The molecule has 0 unspecified atom stereocenters. The maximum Gasteiger partial charge on any atom is 0.280 e. The summed E-state index contributed by atoms with van der Waals surface area (Å²) in [5, 5.41) is 7.76. The van der Waals surface area contributed by atoms with E-state index in [0.29, 0.717) is 6.54 Å². The van der Waals surface area contributed by atoms with Crippen LogP contribution in [0.3, 0.4) is 0 Å². The summed E-state index contributed by atoms with van der Waals surface area (Å²) in [6.45, 7) is 9.29. The lowest BCUT2D eigenvalue weighted by Crippen LogP contribution is -2.40. The number of benzene rings is 1. The molecule has 1 saturated carbocycles. The molecule has 9 nitrogen and oxygen atoms in total. The van der Waals surface area contributed by atoms with Crippen LogP contribution < -0.4 is 15.8 Å². The molecule has 1 saturated heterocycles. The Morgan fingerprint density at radius 3 is 2.38 bits per heavy atom. The van der Waals surface area contributed by atoms with Crippen LogP contribution in [0.25, 0.3) is 5.65 Å². The van der Waals surface area contributed by atoms with Crippen molar-refractivity contribution < 1.29 is 9.18 Å².